The number of thioether (sulfide) groups is 1. The van der Waals surface area contributed by atoms with Gasteiger partial charge in [0.2, 0.25) is 0 Å². The van der Waals surface area contributed by atoms with Gasteiger partial charge in [0.25, 0.3) is 0 Å². The number of hydrogen-bond donors (Lipinski definition) is 2. The molecule has 0 saturated carbocycles. The van der Waals surface area contributed by atoms with Gasteiger partial charge in [0.15, 0.2) is 0 Å². The topological polar surface area (TPSA) is 45.1 Å². The van der Waals surface area contributed by atoms with Crippen LogP contribution >= 0.6 is 11.8 Å². The second kappa shape index (κ2) is 9.16. The molecule has 2 rings (SSSR count). The minimum Gasteiger partial charge on any atom is -0.395 e. The standard InChI is InChI=1S/C19H25FN2OS/c1-4-24-19-8-6-5-7-14(19)16-10-9-15(20)17(22-16)11-21-18(12-23)13(2)3/h5-10,13,18,21,23H,4,11-12H2,1-3H3/t18-/m0/s1. The first-order valence-electron chi connectivity index (χ1n) is 8.28. The zero-order valence-corrected chi connectivity index (χ0v) is 15.2. The zero-order chi connectivity index (χ0) is 17.5. The van der Waals surface area contributed by atoms with Crippen LogP contribution in [0.4, 0.5) is 4.39 Å². The van der Waals surface area contributed by atoms with E-state index < -0.39 is 0 Å². The van der Waals surface area contributed by atoms with Gasteiger partial charge in [-0.1, -0.05) is 39.0 Å². The molecule has 130 valence electrons. The number of nitrogens with zero attached hydrogens (tertiary/aromatic N) is 1. The Kier molecular flexibility index (Phi) is 7.21. The van der Waals surface area contributed by atoms with Crippen LogP contribution in [0, 0.1) is 11.7 Å². The van der Waals surface area contributed by atoms with Crippen molar-refractivity contribution in [2.75, 3.05) is 12.4 Å². The Morgan fingerprint density at radius 1 is 1.21 bits per heavy atom. The van der Waals surface area contributed by atoms with E-state index in [1.165, 1.54) is 6.07 Å². The van der Waals surface area contributed by atoms with Crippen LogP contribution in [0.3, 0.4) is 0 Å². The van der Waals surface area contributed by atoms with Crippen LogP contribution in [0.1, 0.15) is 26.5 Å². The number of aliphatic hydroxyl groups excluding tert-OH is 1. The highest BCUT2D eigenvalue weighted by molar-refractivity contribution is 7.99. The smallest absolute Gasteiger partial charge is 0.146 e. The van der Waals surface area contributed by atoms with Crippen molar-refractivity contribution >= 4 is 11.8 Å². The number of nitrogens with one attached hydrogen (secondary N) is 1. The van der Waals surface area contributed by atoms with E-state index >= 15 is 0 Å². The maximum atomic E-state index is 14.1. The predicted molar refractivity (Wildman–Crippen MR) is 98.6 cm³/mol. The molecule has 0 unspecified atom stereocenters. The zero-order valence-electron chi connectivity index (χ0n) is 14.4. The molecule has 0 aliphatic rings. The monoisotopic (exact) mass is 348 g/mol. The fourth-order valence-corrected chi connectivity index (χ4v) is 3.27. The number of rotatable bonds is 8. The summed E-state index contributed by atoms with van der Waals surface area (Å²) in [6.45, 7) is 6.47. The van der Waals surface area contributed by atoms with Gasteiger partial charge in [-0.15, -0.1) is 11.8 Å². The number of aromatic nitrogens is 1. The van der Waals surface area contributed by atoms with Crippen LogP contribution in [0.25, 0.3) is 11.3 Å². The van der Waals surface area contributed by atoms with E-state index in [1.54, 1.807) is 17.8 Å². The number of hydrogen-bond acceptors (Lipinski definition) is 4. The van der Waals surface area contributed by atoms with Crippen molar-refractivity contribution in [3.05, 3.63) is 47.9 Å². The normalized spacial score (nSPS) is 12.6. The van der Waals surface area contributed by atoms with Gasteiger partial charge in [0.1, 0.15) is 5.82 Å². The van der Waals surface area contributed by atoms with E-state index in [4.69, 9.17) is 0 Å². The summed E-state index contributed by atoms with van der Waals surface area (Å²) in [4.78, 5) is 5.67. The molecular formula is C19H25FN2OS. The van der Waals surface area contributed by atoms with Crippen LogP contribution < -0.4 is 5.32 Å². The van der Waals surface area contributed by atoms with Gasteiger partial charge in [-0.25, -0.2) is 9.37 Å². The summed E-state index contributed by atoms with van der Waals surface area (Å²) < 4.78 is 14.1. The van der Waals surface area contributed by atoms with Crippen molar-refractivity contribution in [1.82, 2.24) is 10.3 Å². The van der Waals surface area contributed by atoms with E-state index in [0.29, 0.717) is 12.2 Å². The van der Waals surface area contributed by atoms with E-state index in [9.17, 15) is 9.50 Å². The molecule has 0 saturated heterocycles. The summed E-state index contributed by atoms with van der Waals surface area (Å²) in [5, 5.41) is 12.6. The summed E-state index contributed by atoms with van der Waals surface area (Å²) >= 11 is 1.75. The number of aliphatic hydroxyl groups is 1. The van der Waals surface area contributed by atoms with E-state index in [-0.39, 0.29) is 24.4 Å². The van der Waals surface area contributed by atoms with Crippen molar-refractivity contribution in [3.8, 4) is 11.3 Å². The van der Waals surface area contributed by atoms with Crippen molar-refractivity contribution in [2.45, 2.75) is 38.3 Å². The molecule has 2 N–H and O–H groups in total. The first-order chi connectivity index (χ1) is 11.6. The summed E-state index contributed by atoms with van der Waals surface area (Å²) in [6, 6.07) is 11.2. The second-order valence-electron chi connectivity index (χ2n) is 5.97. The van der Waals surface area contributed by atoms with Crippen LogP contribution in [-0.4, -0.2) is 28.5 Å². The van der Waals surface area contributed by atoms with E-state index in [2.05, 4.69) is 23.3 Å². The molecule has 1 aromatic heterocycles. The lowest BCUT2D eigenvalue weighted by Gasteiger charge is -2.20. The van der Waals surface area contributed by atoms with Crippen LogP contribution in [-0.2, 0) is 6.54 Å². The molecule has 24 heavy (non-hydrogen) atoms. The van der Waals surface area contributed by atoms with Gasteiger partial charge in [0, 0.05) is 23.0 Å². The average molecular weight is 348 g/mol. The highest BCUT2D eigenvalue weighted by Gasteiger charge is 2.14. The third-order valence-electron chi connectivity index (χ3n) is 3.91. The van der Waals surface area contributed by atoms with Gasteiger partial charge in [-0.2, -0.15) is 0 Å². The highest BCUT2D eigenvalue weighted by atomic mass is 32.2. The summed E-state index contributed by atoms with van der Waals surface area (Å²) in [7, 11) is 0. The number of benzene rings is 1. The van der Waals surface area contributed by atoms with Gasteiger partial charge in [-0.3, -0.25) is 0 Å². The lowest BCUT2D eigenvalue weighted by atomic mass is 10.1. The Hall–Kier alpha value is -1.43. The van der Waals surface area contributed by atoms with Crippen molar-refractivity contribution in [1.29, 1.82) is 0 Å². The lowest BCUT2D eigenvalue weighted by molar-refractivity contribution is 0.209. The largest absolute Gasteiger partial charge is 0.395 e. The summed E-state index contributed by atoms with van der Waals surface area (Å²) in [5.74, 6) is 0.911. The maximum absolute atomic E-state index is 14.1. The van der Waals surface area contributed by atoms with Gasteiger partial charge >= 0.3 is 0 Å². The molecule has 2 aromatic rings. The Bertz CT molecular complexity index is 664. The van der Waals surface area contributed by atoms with Gasteiger partial charge in [0.05, 0.1) is 18.0 Å². The van der Waals surface area contributed by atoms with Crippen LogP contribution in [0.15, 0.2) is 41.3 Å². The quantitative estimate of drug-likeness (QED) is 0.705. The molecule has 1 aromatic carbocycles. The fraction of sp³-hybridized carbons (Fsp3) is 0.421. The molecule has 0 fully saturated rings. The molecule has 0 amide bonds. The average Bonchev–Trinajstić information content (AvgIpc) is 2.57. The molecular weight excluding hydrogens is 323 g/mol. The SMILES string of the molecule is CCSc1ccccc1-c1ccc(F)c(CN[C@@H](CO)C(C)C)n1. The molecule has 1 atom stereocenters. The Balaban J connectivity index is 2.26. The first-order valence-corrected chi connectivity index (χ1v) is 9.27. The minimum atomic E-state index is -0.327. The first kappa shape index (κ1) is 18.9. The predicted octanol–water partition coefficient (Wildman–Crippen LogP) is 4.11. The van der Waals surface area contributed by atoms with Crippen LogP contribution in [0.5, 0.6) is 0 Å². The second-order valence-corrected chi connectivity index (χ2v) is 7.27. The van der Waals surface area contributed by atoms with Crippen molar-refractivity contribution in [2.24, 2.45) is 5.92 Å². The van der Waals surface area contributed by atoms with Crippen molar-refractivity contribution in [3.63, 3.8) is 0 Å². The summed E-state index contributed by atoms with van der Waals surface area (Å²) in [5.41, 5.74) is 2.17. The molecule has 0 aliphatic heterocycles. The van der Waals surface area contributed by atoms with Gasteiger partial charge < -0.3 is 10.4 Å². The minimum absolute atomic E-state index is 0.0228. The van der Waals surface area contributed by atoms with E-state index in [1.807, 2.05) is 32.0 Å². The van der Waals surface area contributed by atoms with Crippen LogP contribution in [0.2, 0.25) is 0 Å². The Morgan fingerprint density at radius 3 is 2.62 bits per heavy atom. The van der Waals surface area contributed by atoms with Gasteiger partial charge in [-0.05, 0) is 29.9 Å². The molecule has 0 bridgehead atoms. The molecule has 5 heteroatoms. The fourth-order valence-electron chi connectivity index (χ4n) is 2.46. The maximum Gasteiger partial charge on any atom is 0.146 e. The molecule has 3 nitrogen and oxygen atoms in total. The number of halogens is 1. The third-order valence-corrected chi connectivity index (χ3v) is 4.87. The van der Waals surface area contributed by atoms with E-state index in [0.717, 1.165) is 21.9 Å². The molecule has 0 aliphatic carbocycles. The highest BCUT2D eigenvalue weighted by Crippen LogP contribution is 2.30. The molecule has 0 spiro atoms. The Labute approximate surface area is 147 Å². The lowest BCUT2D eigenvalue weighted by Crippen LogP contribution is -2.36. The molecule has 0 radical (unpaired) electrons. The summed E-state index contributed by atoms with van der Waals surface area (Å²) in [6.07, 6.45) is 0. The third kappa shape index (κ3) is 4.79. The van der Waals surface area contributed by atoms with Crippen molar-refractivity contribution < 1.29 is 9.50 Å². The number of pyridine rings is 1. The Morgan fingerprint density at radius 2 is 1.96 bits per heavy atom. The molecule has 1 heterocycles.